The van der Waals surface area contributed by atoms with Gasteiger partial charge in [-0.1, -0.05) is 6.92 Å². The van der Waals surface area contributed by atoms with Gasteiger partial charge in [-0.05, 0) is 43.5 Å². The SMILES string of the molecule is Cc1nc(COc2ccc(F)cc2)sc1C(=O)N1CC(C)CC(C(=O)O)C1. The number of thiazole rings is 1. The Morgan fingerprint density at radius 1 is 1.33 bits per heavy atom. The molecule has 2 aromatic rings. The second kappa shape index (κ2) is 8.04. The number of carboxylic acid groups (broad SMARTS) is 1. The molecule has 1 aromatic heterocycles. The molecule has 1 aliphatic rings. The number of aliphatic carboxylic acids is 1. The standard InChI is InChI=1S/C19H21FN2O4S/c1-11-7-13(19(24)25)9-22(8-11)18(23)17-12(2)21-16(27-17)10-26-15-5-3-14(20)4-6-15/h3-6,11,13H,7-10H2,1-2H3,(H,24,25). The molecule has 0 saturated carbocycles. The summed E-state index contributed by atoms with van der Waals surface area (Å²) in [5.74, 6) is -1.27. The number of carbonyl (C=O) groups is 2. The molecule has 0 spiro atoms. The normalized spacial score (nSPS) is 19.7. The van der Waals surface area contributed by atoms with Crippen LogP contribution in [0.25, 0.3) is 0 Å². The molecule has 144 valence electrons. The van der Waals surface area contributed by atoms with Gasteiger partial charge in [0.2, 0.25) is 0 Å². The van der Waals surface area contributed by atoms with Gasteiger partial charge in [-0.15, -0.1) is 11.3 Å². The number of carboxylic acids is 1. The summed E-state index contributed by atoms with van der Waals surface area (Å²) >= 11 is 1.25. The minimum atomic E-state index is -0.867. The summed E-state index contributed by atoms with van der Waals surface area (Å²) in [6.45, 7) is 4.65. The number of hydrogen-bond acceptors (Lipinski definition) is 5. The van der Waals surface area contributed by atoms with Crippen LogP contribution in [0.3, 0.4) is 0 Å². The number of benzene rings is 1. The zero-order valence-corrected chi connectivity index (χ0v) is 16.0. The summed E-state index contributed by atoms with van der Waals surface area (Å²) in [5, 5.41) is 9.93. The summed E-state index contributed by atoms with van der Waals surface area (Å²) in [5.41, 5.74) is 0.604. The number of ether oxygens (including phenoxy) is 1. The third-order valence-electron chi connectivity index (χ3n) is 4.51. The number of likely N-dealkylation sites (tertiary alicyclic amines) is 1. The van der Waals surface area contributed by atoms with Crippen LogP contribution in [0.2, 0.25) is 0 Å². The first-order valence-corrected chi connectivity index (χ1v) is 9.52. The Morgan fingerprint density at radius 3 is 2.70 bits per heavy atom. The average molecular weight is 392 g/mol. The third-order valence-corrected chi connectivity index (χ3v) is 5.63. The number of hydrogen-bond donors (Lipinski definition) is 1. The first-order chi connectivity index (χ1) is 12.8. The van der Waals surface area contributed by atoms with Crippen molar-refractivity contribution in [2.75, 3.05) is 13.1 Å². The molecular formula is C19H21FN2O4S. The van der Waals surface area contributed by atoms with Crippen LogP contribution < -0.4 is 4.74 Å². The minimum Gasteiger partial charge on any atom is -0.486 e. The molecular weight excluding hydrogens is 371 g/mol. The molecule has 0 bridgehead atoms. The number of carbonyl (C=O) groups excluding carboxylic acids is 1. The van der Waals surface area contributed by atoms with Gasteiger partial charge in [-0.2, -0.15) is 0 Å². The number of rotatable bonds is 5. The predicted molar refractivity (Wildman–Crippen MR) is 98.4 cm³/mol. The van der Waals surface area contributed by atoms with Crippen molar-refractivity contribution >= 4 is 23.2 Å². The van der Waals surface area contributed by atoms with E-state index in [4.69, 9.17) is 4.74 Å². The molecule has 3 rings (SSSR count). The summed E-state index contributed by atoms with van der Waals surface area (Å²) in [6, 6.07) is 5.69. The van der Waals surface area contributed by atoms with Crippen LogP contribution in [0.15, 0.2) is 24.3 Å². The predicted octanol–water partition coefficient (Wildman–Crippen LogP) is 3.35. The lowest BCUT2D eigenvalue weighted by Crippen LogP contribution is -2.45. The molecule has 0 radical (unpaired) electrons. The summed E-state index contributed by atoms with van der Waals surface area (Å²) in [6.07, 6.45) is 0.581. The topological polar surface area (TPSA) is 79.7 Å². The first kappa shape index (κ1) is 19.3. The lowest BCUT2D eigenvalue weighted by atomic mass is 9.90. The van der Waals surface area contributed by atoms with Gasteiger partial charge < -0.3 is 14.7 Å². The van der Waals surface area contributed by atoms with Crippen molar-refractivity contribution in [2.24, 2.45) is 11.8 Å². The van der Waals surface area contributed by atoms with Crippen molar-refractivity contribution in [3.05, 3.63) is 45.7 Å². The average Bonchev–Trinajstić information content (AvgIpc) is 3.00. The molecule has 1 amide bonds. The van der Waals surface area contributed by atoms with E-state index in [9.17, 15) is 19.1 Å². The Balaban J connectivity index is 1.68. The Hall–Kier alpha value is -2.48. The highest BCUT2D eigenvalue weighted by atomic mass is 32.1. The molecule has 1 aliphatic heterocycles. The third kappa shape index (κ3) is 4.63. The number of piperidine rings is 1. The van der Waals surface area contributed by atoms with Crippen LogP contribution >= 0.6 is 11.3 Å². The maximum absolute atomic E-state index is 12.9. The van der Waals surface area contributed by atoms with E-state index in [-0.39, 0.29) is 30.8 Å². The lowest BCUT2D eigenvalue weighted by molar-refractivity contribution is -0.143. The molecule has 1 saturated heterocycles. The molecule has 0 aliphatic carbocycles. The second-order valence-electron chi connectivity index (χ2n) is 6.85. The smallest absolute Gasteiger partial charge is 0.308 e. The monoisotopic (exact) mass is 392 g/mol. The van der Waals surface area contributed by atoms with Crippen molar-refractivity contribution < 1.29 is 23.8 Å². The molecule has 2 heterocycles. The lowest BCUT2D eigenvalue weighted by Gasteiger charge is -2.34. The fourth-order valence-corrected chi connectivity index (χ4v) is 4.17. The minimum absolute atomic E-state index is 0.137. The van der Waals surface area contributed by atoms with Crippen LogP contribution in [0.4, 0.5) is 4.39 Å². The fraction of sp³-hybridized carbons (Fsp3) is 0.421. The number of halogens is 1. The molecule has 1 fully saturated rings. The van der Waals surface area contributed by atoms with E-state index in [1.165, 1.54) is 35.6 Å². The zero-order chi connectivity index (χ0) is 19.6. The van der Waals surface area contributed by atoms with E-state index in [0.29, 0.717) is 34.3 Å². The van der Waals surface area contributed by atoms with E-state index < -0.39 is 11.9 Å². The van der Waals surface area contributed by atoms with E-state index in [1.54, 1.807) is 11.8 Å². The Morgan fingerprint density at radius 2 is 2.04 bits per heavy atom. The Kier molecular flexibility index (Phi) is 5.74. The van der Waals surface area contributed by atoms with Gasteiger partial charge in [0.1, 0.15) is 28.1 Å². The van der Waals surface area contributed by atoms with E-state index >= 15 is 0 Å². The Labute approximate surface area is 160 Å². The van der Waals surface area contributed by atoms with Gasteiger partial charge in [0.05, 0.1) is 11.6 Å². The van der Waals surface area contributed by atoms with Crippen molar-refractivity contribution in [3.63, 3.8) is 0 Å². The molecule has 2 atom stereocenters. The van der Waals surface area contributed by atoms with Crippen molar-refractivity contribution in [1.29, 1.82) is 0 Å². The van der Waals surface area contributed by atoms with E-state index in [1.807, 2.05) is 6.92 Å². The quantitative estimate of drug-likeness (QED) is 0.844. The summed E-state index contributed by atoms with van der Waals surface area (Å²) in [7, 11) is 0. The number of aromatic nitrogens is 1. The molecule has 27 heavy (non-hydrogen) atoms. The largest absolute Gasteiger partial charge is 0.486 e. The van der Waals surface area contributed by atoms with Crippen molar-refractivity contribution in [3.8, 4) is 5.75 Å². The second-order valence-corrected chi connectivity index (χ2v) is 7.93. The van der Waals surface area contributed by atoms with Gasteiger partial charge in [-0.3, -0.25) is 9.59 Å². The summed E-state index contributed by atoms with van der Waals surface area (Å²) in [4.78, 5) is 30.7. The number of aryl methyl sites for hydroxylation is 1. The van der Waals surface area contributed by atoms with Gasteiger partial charge in [0, 0.05) is 13.1 Å². The van der Waals surface area contributed by atoms with E-state index in [2.05, 4.69) is 4.98 Å². The van der Waals surface area contributed by atoms with Crippen LogP contribution in [-0.4, -0.2) is 40.0 Å². The van der Waals surface area contributed by atoms with Crippen molar-refractivity contribution in [1.82, 2.24) is 9.88 Å². The van der Waals surface area contributed by atoms with Gasteiger partial charge >= 0.3 is 5.97 Å². The first-order valence-electron chi connectivity index (χ1n) is 8.70. The highest BCUT2D eigenvalue weighted by Crippen LogP contribution is 2.27. The van der Waals surface area contributed by atoms with Gasteiger partial charge in [-0.25, -0.2) is 9.37 Å². The maximum atomic E-state index is 12.9. The van der Waals surface area contributed by atoms with Crippen molar-refractivity contribution in [2.45, 2.75) is 26.9 Å². The Bertz CT molecular complexity index is 837. The molecule has 8 heteroatoms. The van der Waals surface area contributed by atoms with Crippen LogP contribution in [0.1, 0.15) is 33.7 Å². The molecule has 1 N–H and O–H groups in total. The van der Waals surface area contributed by atoms with Crippen LogP contribution in [0, 0.1) is 24.6 Å². The highest BCUT2D eigenvalue weighted by Gasteiger charge is 2.33. The highest BCUT2D eigenvalue weighted by molar-refractivity contribution is 7.13. The maximum Gasteiger partial charge on any atom is 0.308 e. The van der Waals surface area contributed by atoms with Crippen LogP contribution in [-0.2, 0) is 11.4 Å². The fourth-order valence-electron chi connectivity index (χ4n) is 3.23. The molecule has 2 unspecified atom stereocenters. The number of amides is 1. The van der Waals surface area contributed by atoms with Gasteiger partial charge in [0.15, 0.2) is 0 Å². The molecule has 6 nitrogen and oxygen atoms in total. The summed E-state index contributed by atoms with van der Waals surface area (Å²) < 4.78 is 18.5. The molecule has 1 aromatic carbocycles. The zero-order valence-electron chi connectivity index (χ0n) is 15.1. The van der Waals surface area contributed by atoms with Crippen LogP contribution in [0.5, 0.6) is 5.75 Å². The number of nitrogens with zero attached hydrogens (tertiary/aromatic N) is 2. The van der Waals surface area contributed by atoms with Gasteiger partial charge in [0.25, 0.3) is 5.91 Å². The van der Waals surface area contributed by atoms with E-state index in [0.717, 1.165) is 0 Å².